The number of hydrogen-bond acceptors (Lipinski definition) is 2. The molecular weight excluding hydrogens is 438 g/mol. The number of nitrogens with zero attached hydrogens (tertiary/aromatic N) is 3. The summed E-state index contributed by atoms with van der Waals surface area (Å²) in [6, 6.07) is 32.7. The van der Waals surface area contributed by atoms with E-state index in [1.807, 2.05) is 24.5 Å². The largest absolute Gasteiger partial charge is 0.294 e. The van der Waals surface area contributed by atoms with Gasteiger partial charge in [-0.15, -0.1) is 0 Å². The van der Waals surface area contributed by atoms with E-state index in [1.54, 1.807) is 0 Å². The highest BCUT2D eigenvalue weighted by atomic mass is 15.1. The molecule has 0 saturated carbocycles. The van der Waals surface area contributed by atoms with Crippen LogP contribution in [0.4, 0.5) is 0 Å². The van der Waals surface area contributed by atoms with Gasteiger partial charge in [0.25, 0.3) is 0 Å². The van der Waals surface area contributed by atoms with Gasteiger partial charge in [-0.25, -0.2) is 4.98 Å². The van der Waals surface area contributed by atoms with Crippen LogP contribution >= 0.6 is 0 Å². The van der Waals surface area contributed by atoms with Crippen molar-refractivity contribution in [2.24, 2.45) is 0 Å². The molecule has 0 bridgehead atoms. The van der Waals surface area contributed by atoms with Crippen LogP contribution in [0.3, 0.4) is 0 Å². The number of aromatic nitrogens is 3. The first-order valence-electron chi connectivity index (χ1n) is 12.4. The van der Waals surface area contributed by atoms with Crippen LogP contribution in [0.5, 0.6) is 0 Å². The number of aryl methyl sites for hydroxylation is 2. The van der Waals surface area contributed by atoms with Gasteiger partial charge in [-0.1, -0.05) is 68.4 Å². The van der Waals surface area contributed by atoms with Gasteiger partial charge in [0.1, 0.15) is 5.82 Å². The molecule has 3 heteroatoms. The predicted octanol–water partition coefficient (Wildman–Crippen LogP) is 8.18. The maximum Gasteiger partial charge on any atom is 0.137 e. The molecule has 0 aliphatic rings. The number of rotatable bonds is 4. The van der Waals surface area contributed by atoms with Crippen LogP contribution in [0.25, 0.3) is 38.8 Å². The minimum absolute atomic E-state index is 0.202. The summed E-state index contributed by atoms with van der Waals surface area (Å²) >= 11 is 0. The minimum Gasteiger partial charge on any atom is -0.294 e. The Morgan fingerprint density at radius 1 is 0.611 bits per heavy atom. The lowest BCUT2D eigenvalue weighted by atomic mass is 9.80. The lowest BCUT2D eigenvalue weighted by molar-refractivity contribution is 0.616. The summed E-state index contributed by atoms with van der Waals surface area (Å²) in [7, 11) is 0. The third-order valence-corrected chi connectivity index (χ3v) is 7.28. The lowest BCUT2D eigenvalue weighted by Crippen LogP contribution is -2.20. The van der Waals surface area contributed by atoms with E-state index in [-0.39, 0.29) is 5.41 Å². The van der Waals surface area contributed by atoms with Crippen LogP contribution in [0.2, 0.25) is 0 Å². The average molecular weight is 468 g/mol. The van der Waals surface area contributed by atoms with Gasteiger partial charge >= 0.3 is 0 Å². The van der Waals surface area contributed by atoms with E-state index >= 15 is 0 Å². The van der Waals surface area contributed by atoms with Gasteiger partial charge in [-0.3, -0.25) is 9.55 Å². The molecule has 36 heavy (non-hydrogen) atoms. The third kappa shape index (κ3) is 3.68. The molecular formula is C33H29N3. The molecule has 0 fully saturated rings. The SMILES string of the molecule is Cc1ccnc(-n2c3ccccc3c3ccc(-c4cccc(C(C)(C)c5cc(C)ccn5)c4)cc32)c1. The normalized spacial score (nSPS) is 11.9. The van der Waals surface area contributed by atoms with E-state index < -0.39 is 0 Å². The fourth-order valence-electron chi connectivity index (χ4n) is 5.15. The summed E-state index contributed by atoms with van der Waals surface area (Å²) in [6.45, 7) is 8.73. The molecule has 0 amide bonds. The van der Waals surface area contributed by atoms with E-state index in [1.165, 1.54) is 44.1 Å². The van der Waals surface area contributed by atoms with Gasteiger partial charge in [0, 0.05) is 28.6 Å². The Morgan fingerprint density at radius 3 is 2.14 bits per heavy atom. The highest BCUT2D eigenvalue weighted by molar-refractivity contribution is 6.10. The molecule has 0 saturated heterocycles. The van der Waals surface area contributed by atoms with Crippen molar-refractivity contribution in [2.45, 2.75) is 33.1 Å². The molecule has 3 heterocycles. The molecule has 0 radical (unpaired) electrons. The molecule has 0 aliphatic carbocycles. The number of hydrogen-bond donors (Lipinski definition) is 0. The van der Waals surface area contributed by atoms with Crippen molar-refractivity contribution in [3.63, 3.8) is 0 Å². The summed E-state index contributed by atoms with van der Waals surface area (Å²) in [5, 5.41) is 2.47. The van der Waals surface area contributed by atoms with Crippen LogP contribution in [-0.2, 0) is 5.41 Å². The van der Waals surface area contributed by atoms with Crippen LogP contribution in [0.1, 0.15) is 36.2 Å². The van der Waals surface area contributed by atoms with Crippen molar-refractivity contribution in [1.29, 1.82) is 0 Å². The summed E-state index contributed by atoms with van der Waals surface area (Å²) < 4.78 is 2.28. The molecule has 0 spiro atoms. The van der Waals surface area contributed by atoms with Gasteiger partial charge in [0.2, 0.25) is 0 Å². The molecule has 0 N–H and O–H groups in total. The second-order valence-electron chi connectivity index (χ2n) is 10.2. The summed E-state index contributed by atoms with van der Waals surface area (Å²) in [5.41, 5.74) is 9.28. The van der Waals surface area contributed by atoms with Crippen LogP contribution in [0, 0.1) is 13.8 Å². The van der Waals surface area contributed by atoms with E-state index in [0.29, 0.717) is 0 Å². The number of para-hydroxylation sites is 1. The van der Waals surface area contributed by atoms with E-state index in [4.69, 9.17) is 9.97 Å². The predicted molar refractivity (Wildman–Crippen MR) is 150 cm³/mol. The summed E-state index contributed by atoms with van der Waals surface area (Å²) in [5.74, 6) is 0.943. The number of fused-ring (bicyclic) bond motifs is 3. The Kier molecular flexibility index (Phi) is 5.22. The van der Waals surface area contributed by atoms with Crippen molar-refractivity contribution in [1.82, 2.24) is 14.5 Å². The maximum absolute atomic E-state index is 4.73. The van der Waals surface area contributed by atoms with Crippen molar-refractivity contribution in [3.05, 3.63) is 126 Å². The van der Waals surface area contributed by atoms with E-state index in [0.717, 1.165) is 17.0 Å². The molecule has 3 aromatic carbocycles. The van der Waals surface area contributed by atoms with Gasteiger partial charge in [0.15, 0.2) is 0 Å². The Balaban J connectivity index is 1.53. The van der Waals surface area contributed by atoms with Crippen molar-refractivity contribution in [2.75, 3.05) is 0 Å². The van der Waals surface area contributed by atoms with Crippen molar-refractivity contribution in [3.8, 4) is 16.9 Å². The van der Waals surface area contributed by atoms with Crippen LogP contribution in [-0.4, -0.2) is 14.5 Å². The monoisotopic (exact) mass is 467 g/mol. The zero-order valence-electron chi connectivity index (χ0n) is 21.2. The third-order valence-electron chi connectivity index (χ3n) is 7.28. The first-order chi connectivity index (χ1) is 17.4. The van der Waals surface area contributed by atoms with Gasteiger partial charge in [0.05, 0.1) is 16.7 Å². The maximum atomic E-state index is 4.73. The Bertz CT molecular complexity index is 1740. The van der Waals surface area contributed by atoms with Crippen LogP contribution < -0.4 is 0 Å². The summed E-state index contributed by atoms with van der Waals surface area (Å²) in [4.78, 5) is 9.43. The molecule has 3 aromatic heterocycles. The second kappa shape index (κ2) is 8.46. The first kappa shape index (κ1) is 22.2. The van der Waals surface area contributed by atoms with E-state index in [9.17, 15) is 0 Å². The number of benzene rings is 3. The van der Waals surface area contributed by atoms with Gasteiger partial charge in [-0.2, -0.15) is 0 Å². The lowest BCUT2D eigenvalue weighted by Gasteiger charge is -2.25. The standard InChI is InChI=1S/C33H29N3/c1-22-14-16-34-31(18-22)33(3,4)26-9-7-8-24(20-26)25-12-13-28-27-10-5-6-11-29(27)36(30(28)21-25)32-19-23(2)15-17-35-32/h5-21H,1-4H3. The smallest absolute Gasteiger partial charge is 0.137 e. The molecule has 3 nitrogen and oxygen atoms in total. The Labute approximate surface area is 212 Å². The molecule has 6 aromatic rings. The fraction of sp³-hybridized carbons (Fsp3) is 0.152. The minimum atomic E-state index is -0.202. The second-order valence-corrected chi connectivity index (χ2v) is 10.2. The molecule has 0 atom stereocenters. The van der Waals surface area contributed by atoms with Crippen molar-refractivity contribution < 1.29 is 0 Å². The highest BCUT2D eigenvalue weighted by Gasteiger charge is 2.25. The first-order valence-corrected chi connectivity index (χ1v) is 12.4. The zero-order chi connectivity index (χ0) is 24.9. The van der Waals surface area contributed by atoms with Gasteiger partial charge < -0.3 is 0 Å². The number of pyridine rings is 2. The zero-order valence-corrected chi connectivity index (χ0v) is 21.2. The Hall–Kier alpha value is -4.24. The molecule has 176 valence electrons. The van der Waals surface area contributed by atoms with Gasteiger partial charge in [-0.05, 0) is 78.1 Å². The van der Waals surface area contributed by atoms with E-state index in [2.05, 4.69) is 111 Å². The summed E-state index contributed by atoms with van der Waals surface area (Å²) in [6.07, 6.45) is 3.79. The Morgan fingerprint density at radius 2 is 1.33 bits per heavy atom. The molecule has 6 rings (SSSR count). The fourth-order valence-corrected chi connectivity index (χ4v) is 5.15. The highest BCUT2D eigenvalue weighted by Crippen LogP contribution is 2.36. The average Bonchev–Trinajstić information content (AvgIpc) is 3.22. The molecule has 0 unspecified atom stereocenters. The topological polar surface area (TPSA) is 30.7 Å². The van der Waals surface area contributed by atoms with Crippen molar-refractivity contribution >= 4 is 21.8 Å². The quantitative estimate of drug-likeness (QED) is 0.262. The molecule has 0 aliphatic heterocycles. The van der Waals surface area contributed by atoms with Crippen LogP contribution in [0.15, 0.2) is 103 Å².